The molecular formula is C22H22N4. The molecule has 0 radical (unpaired) electrons. The van der Waals surface area contributed by atoms with Crippen molar-refractivity contribution in [1.82, 2.24) is 19.9 Å². The number of fused-ring (bicyclic) bond motifs is 2. The Bertz CT molecular complexity index is 1070. The van der Waals surface area contributed by atoms with Crippen LogP contribution >= 0.6 is 0 Å². The molecule has 0 aliphatic rings. The maximum Gasteiger partial charge on any atom is 0.132 e. The zero-order valence-corrected chi connectivity index (χ0v) is 15.3. The monoisotopic (exact) mass is 342 g/mol. The van der Waals surface area contributed by atoms with Crippen molar-refractivity contribution in [1.29, 1.82) is 0 Å². The molecule has 0 bridgehead atoms. The molecular weight excluding hydrogens is 320 g/mol. The van der Waals surface area contributed by atoms with Crippen molar-refractivity contribution in [3.8, 4) is 0 Å². The molecule has 2 heterocycles. The number of benzene rings is 2. The normalized spacial score (nSPS) is 12.8. The van der Waals surface area contributed by atoms with Gasteiger partial charge in [-0.3, -0.25) is 4.98 Å². The van der Waals surface area contributed by atoms with Crippen LogP contribution in [-0.2, 0) is 6.42 Å². The van der Waals surface area contributed by atoms with E-state index in [4.69, 9.17) is 9.97 Å². The van der Waals surface area contributed by atoms with Gasteiger partial charge in [-0.25, -0.2) is 15.0 Å². The number of rotatable bonds is 4. The van der Waals surface area contributed by atoms with Gasteiger partial charge in [-0.05, 0) is 36.1 Å². The second kappa shape index (κ2) is 6.79. The van der Waals surface area contributed by atoms with Crippen molar-refractivity contribution < 1.29 is 0 Å². The Morgan fingerprint density at radius 3 is 2.50 bits per heavy atom. The fourth-order valence-corrected chi connectivity index (χ4v) is 3.14. The van der Waals surface area contributed by atoms with Crippen molar-refractivity contribution in [3.05, 3.63) is 71.9 Å². The summed E-state index contributed by atoms with van der Waals surface area (Å²) in [5.74, 6) is 1.50. The zero-order chi connectivity index (χ0) is 18.1. The van der Waals surface area contributed by atoms with E-state index in [-0.39, 0.29) is 5.92 Å². The summed E-state index contributed by atoms with van der Waals surface area (Å²) in [7, 11) is 0. The maximum absolute atomic E-state index is 4.73. The molecule has 1 unspecified atom stereocenters. The second-order valence-corrected chi connectivity index (χ2v) is 7.16. The first kappa shape index (κ1) is 16.6. The van der Waals surface area contributed by atoms with Crippen molar-refractivity contribution in [2.75, 3.05) is 0 Å². The zero-order valence-electron chi connectivity index (χ0n) is 15.3. The second-order valence-electron chi connectivity index (χ2n) is 7.16. The van der Waals surface area contributed by atoms with E-state index in [2.05, 4.69) is 48.9 Å². The predicted molar refractivity (Wildman–Crippen MR) is 105 cm³/mol. The third kappa shape index (κ3) is 3.27. The highest BCUT2D eigenvalue weighted by Gasteiger charge is 2.12. The van der Waals surface area contributed by atoms with Gasteiger partial charge in [0.25, 0.3) is 0 Å². The van der Waals surface area contributed by atoms with Gasteiger partial charge < -0.3 is 0 Å². The Morgan fingerprint density at radius 1 is 0.808 bits per heavy atom. The molecule has 4 nitrogen and oxygen atoms in total. The van der Waals surface area contributed by atoms with E-state index in [0.717, 1.165) is 39.9 Å². The Hall–Kier alpha value is -2.88. The lowest BCUT2D eigenvalue weighted by Crippen LogP contribution is -2.04. The fourth-order valence-electron chi connectivity index (χ4n) is 3.14. The highest BCUT2D eigenvalue weighted by atomic mass is 14.9. The van der Waals surface area contributed by atoms with Crippen LogP contribution in [0, 0.1) is 0 Å². The molecule has 0 spiro atoms. The molecule has 4 heteroatoms. The molecule has 0 N–H and O–H groups in total. The van der Waals surface area contributed by atoms with Crippen LogP contribution in [0.15, 0.2) is 54.9 Å². The van der Waals surface area contributed by atoms with Crippen LogP contribution in [0.2, 0.25) is 0 Å². The van der Waals surface area contributed by atoms with E-state index < -0.39 is 0 Å². The number of hydrogen-bond acceptors (Lipinski definition) is 4. The standard InChI is InChI=1S/C22H22N4/c1-14(2)21-13-23-20-11-16(8-9-19(20)25-21)10-15(3)22-24-12-17-6-4-5-7-18(17)26-22/h4-9,11-15H,10H2,1-3H3. The number of nitrogens with zero attached hydrogens (tertiary/aromatic N) is 4. The van der Waals surface area contributed by atoms with E-state index in [0.29, 0.717) is 5.92 Å². The average molecular weight is 342 g/mol. The van der Waals surface area contributed by atoms with Crippen LogP contribution in [0.25, 0.3) is 21.9 Å². The van der Waals surface area contributed by atoms with Crippen molar-refractivity contribution in [2.45, 2.75) is 39.0 Å². The molecule has 26 heavy (non-hydrogen) atoms. The summed E-state index contributed by atoms with van der Waals surface area (Å²) in [6.07, 6.45) is 4.67. The van der Waals surface area contributed by atoms with Gasteiger partial charge in [0.05, 0.1) is 22.2 Å². The van der Waals surface area contributed by atoms with E-state index in [9.17, 15) is 0 Å². The van der Waals surface area contributed by atoms with Gasteiger partial charge in [-0.1, -0.05) is 45.0 Å². The molecule has 1 atom stereocenters. The largest absolute Gasteiger partial charge is 0.253 e. The van der Waals surface area contributed by atoms with Crippen LogP contribution in [0.4, 0.5) is 0 Å². The lowest BCUT2D eigenvalue weighted by atomic mass is 9.99. The minimum Gasteiger partial charge on any atom is -0.253 e. The van der Waals surface area contributed by atoms with Gasteiger partial charge in [-0.15, -0.1) is 0 Å². The molecule has 130 valence electrons. The SMILES string of the molecule is CC(C)c1cnc2cc(CC(C)c3ncc4ccccc4n3)ccc2n1. The van der Waals surface area contributed by atoms with Crippen LogP contribution in [0.5, 0.6) is 0 Å². The maximum atomic E-state index is 4.73. The molecule has 0 fully saturated rings. The summed E-state index contributed by atoms with van der Waals surface area (Å²) >= 11 is 0. The lowest BCUT2D eigenvalue weighted by Gasteiger charge is -2.12. The summed E-state index contributed by atoms with van der Waals surface area (Å²) in [4.78, 5) is 18.6. The minimum atomic E-state index is 0.236. The Balaban J connectivity index is 1.59. The highest BCUT2D eigenvalue weighted by Crippen LogP contribution is 2.22. The van der Waals surface area contributed by atoms with E-state index in [1.807, 2.05) is 36.7 Å². The third-order valence-corrected chi connectivity index (χ3v) is 4.71. The van der Waals surface area contributed by atoms with Gasteiger partial charge in [0.2, 0.25) is 0 Å². The Kier molecular flexibility index (Phi) is 4.33. The average Bonchev–Trinajstić information content (AvgIpc) is 2.67. The van der Waals surface area contributed by atoms with Crippen LogP contribution in [0.1, 0.15) is 49.7 Å². The van der Waals surface area contributed by atoms with E-state index in [1.54, 1.807) is 0 Å². The number of aromatic nitrogens is 4. The molecule has 4 rings (SSSR count). The molecule has 2 aromatic carbocycles. The van der Waals surface area contributed by atoms with Gasteiger partial charge in [0.1, 0.15) is 5.82 Å². The van der Waals surface area contributed by atoms with Crippen LogP contribution in [0.3, 0.4) is 0 Å². The molecule has 2 aromatic heterocycles. The number of para-hydroxylation sites is 1. The fraction of sp³-hybridized carbons (Fsp3) is 0.273. The quantitative estimate of drug-likeness (QED) is 0.521. The first-order chi connectivity index (χ1) is 12.6. The van der Waals surface area contributed by atoms with Crippen molar-refractivity contribution >= 4 is 21.9 Å². The van der Waals surface area contributed by atoms with E-state index >= 15 is 0 Å². The van der Waals surface area contributed by atoms with Crippen molar-refractivity contribution in [3.63, 3.8) is 0 Å². The molecule has 0 amide bonds. The smallest absolute Gasteiger partial charge is 0.132 e. The van der Waals surface area contributed by atoms with Gasteiger partial charge in [-0.2, -0.15) is 0 Å². The summed E-state index contributed by atoms with van der Waals surface area (Å²) < 4.78 is 0. The number of hydrogen-bond donors (Lipinski definition) is 0. The summed E-state index contributed by atoms with van der Waals surface area (Å²) in [5.41, 5.74) is 5.15. The predicted octanol–water partition coefficient (Wildman–Crippen LogP) is 5.04. The van der Waals surface area contributed by atoms with E-state index in [1.165, 1.54) is 5.56 Å². The molecule has 0 saturated heterocycles. The van der Waals surface area contributed by atoms with Gasteiger partial charge >= 0.3 is 0 Å². The molecule has 0 aliphatic carbocycles. The first-order valence-corrected chi connectivity index (χ1v) is 9.07. The third-order valence-electron chi connectivity index (χ3n) is 4.71. The van der Waals surface area contributed by atoms with Crippen molar-refractivity contribution in [2.24, 2.45) is 0 Å². The van der Waals surface area contributed by atoms with Crippen LogP contribution in [-0.4, -0.2) is 19.9 Å². The highest BCUT2D eigenvalue weighted by molar-refractivity contribution is 5.77. The van der Waals surface area contributed by atoms with Gasteiger partial charge in [0, 0.05) is 23.7 Å². The minimum absolute atomic E-state index is 0.236. The Morgan fingerprint density at radius 2 is 1.65 bits per heavy atom. The molecule has 0 saturated carbocycles. The summed E-state index contributed by atoms with van der Waals surface area (Å²) in [6, 6.07) is 14.4. The first-order valence-electron chi connectivity index (χ1n) is 9.07. The summed E-state index contributed by atoms with van der Waals surface area (Å²) in [5, 5.41) is 1.07. The topological polar surface area (TPSA) is 51.6 Å². The van der Waals surface area contributed by atoms with Crippen LogP contribution < -0.4 is 0 Å². The molecule has 4 aromatic rings. The van der Waals surface area contributed by atoms with Gasteiger partial charge in [0.15, 0.2) is 0 Å². The molecule has 0 aliphatic heterocycles. The Labute approximate surface area is 153 Å². The lowest BCUT2D eigenvalue weighted by molar-refractivity contribution is 0.703. The summed E-state index contributed by atoms with van der Waals surface area (Å²) in [6.45, 7) is 6.44.